The van der Waals surface area contributed by atoms with Crippen molar-refractivity contribution >= 4 is 5.82 Å². The number of nitrogens with zero attached hydrogens (tertiary/aromatic N) is 3. The number of aromatic nitrogens is 2. The van der Waals surface area contributed by atoms with E-state index in [-0.39, 0.29) is 11.9 Å². The molecule has 1 atom stereocenters. The number of nitriles is 1. The number of rotatable bonds is 3. The van der Waals surface area contributed by atoms with Gasteiger partial charge in [0.15, 0.2) is 5.82 Å². The standard InChI is InChI=1S/C10H14N4O/c1-4-15-7(3)10-13-6(2)8(5-11)9(12)14-10/h7H,4H2,1-3H3,(H2,12,13,14). The second kappa shape index (κ2) is 4.71. The van der Waals surface area contributed by atoms with Gasteiger partial charge in [-0.3, -0.25) is 0 Å². The van der Waals surface area contributed by atoms with Gasteiger partial charge in [0.2, 0.25) is 0 Å². The highest BCUT2D eigenvalue weighted by atomic mass is 16.5. The zero-order chi connectivity index (χ0) is 11.4. The molecule has 5 heteroatoms. The maximum atomic E-state index is 8.79. The fourth-order valence-electron chi connectivity index (χ4n) is 1.26. The van der Waals surface area contributed by atoms with Crippen molar-refractivity contribution in [1.82, 2.24) is 9.97 Å². The molecule has 1 aromatic heterocycles. The summed E-state index contributed by atoms with van der Waals surface area (Å²) in [6.45, 7) is 6.07. The molecule has 0 aliphatic carbocycles. The van der Waals surface area contributed by atoms with Crippen molar-refractivity contribution in [3.05, 3.63) is 17.1 Å². The first-order valence-electron chi connectivity index (χ1n) is 4.75. The first kappa shape index (κ1) is 11.4. The predicted octanol–water partition coefficient (Wildman–Crippen LogP) is 1.34. The van der Waals surface area contributed by atoms with Gasteiger partial charge in [0.1, 0.15) is 23.6 Å². The Labute approximate surface area is 88.9 Å². The fourth-order valence-corrected chi connectivity index (χ4v) is 1.26. The number of hydrogen-bond acceptors (Lipinski definition) is 5. The van der Waals surface area contributed by atoms with Crippen molar-refractivity contribution in [2.45, 2.75) is 26.9 Å². The minimum absolute atomic E-state index is 0.205. The van der Waals surface area contributed by atoms with E-state index >= 15 is 0 Å². The Balaban J connectivity index is 3.09. The Morgan fingerprint density at radius 1 is 1.53 bits per heavy atom. The summed E-state index contributed by atoms with van der Waals surface area (Å²) in [5.74, 6) is 0.734. The molecule has 0 saturated carbocycles. The number of nitrogens with two attached hydrogens (primary N) is 1. The van der Waals surface area contributed by atoms with Gasteiger partial charge in [-0.1, -0.05) is 0 Å². The van der Waals surface area contributed by atoms with Crippen LogP contribution in [0.4, 0.5) is 5.82 Å². The Morgan fingerprint density at radius 2 is 2.20 bits per heavy atom. The minimum atomic E-state index is -0.205. The zero-order valence-corrected chi connectivity index (χ0v) is 9.11. The van der Waals surface area contributed by atoms with E-state index in [4.69, 9.17) is 15.7 Å². The summed E-state index contributed by atoms with van der Waals surface area (Å²) in [6, 6.07) is 1.97. The first-order valence-corrected chi connectivity index (χ1v) is 4.75. The van der Waals surface area contributed by atoms with Crippen molar-refractivity contribution in [3.63, 3.8) is 0 Å². The zero-order valence-electron chi connectivity index (χ0n) is 9.11. The summed E-state index contributed by atoms with van der Waals surface area (Å²) in [6.07, 6.45) is -0.205. The summed E-state index contributed by atoms with van der Waals surface area (Å²) >= 11 is 0. The SMILES string of the molecule is CCOC(C)c1nc(C)c(C#N)c(N)n1. The highest BCUT2D eigenvalue weighted by Crippen LogP contribution is 2.17. The van der Waals surface area contributed by atoms with Crippen molar-refractivity contribution in [3.8, 4) is 6.07 Å². The molecule has 0 fully saturated rings. The number of hydrogen-bond donors (Lipinski definition) is 1. The third-order valence-electron chi connectivity index (χ3n) is 2.03. The van der Waals surface area contributed by atoms with Gasteiger partial charge in [0, 0.05) is 6.61 Å². The van der Waals surface area contributed by atoms with Crippen LogP contribution in [0.25, 0.3) is 0 Å². The molecule has 5 nitrogen and oxygen atoms in total. The van der Waals surface area contributed by atoms with Crippen LogP contribution in [0, 0.1) is 18.3 Å². The molecule has 0 aliphatic heterocycles. The number of anilines is 1. The largest absolute Gasteiger partial charge is 0.382 e. The molecule has 0 saturated heterocycles. The highest BCUT2D eigenvalue weighted by molar-refractivity contribution is 5.50. The van der Waals surface area contributed by atoms with Crippen LogP contribution in [0.3, 0.4) is 0 Å². The average molecular weight is 206 g/mol. The molecule has 1 unspecified atom stereocenters. The molecule has 1 rings (SSSR count). The predicted molar refractivity (Wildman–Crippen MR) is 55.9 cm³/mol. The molecule has 1 aromatic rings. The molecule has 0 amide bonds. The van der Waals surface area contributed by atoms with E-state index in [0.29, 0.717) is 23.7 Å². The molecule has 15 heavy (non-hydrogen) atoms. The maximum Gasteiger partial charge on any atom is 0.159 e. The van der Waals surface area contributed by atoms with Gasteiger partial charge in [-0.05, 0) is 20.8 Å². The summed E-state index contributed by atoms with van der Waals surface area (Å²) in [7, 11) is 0. The minimum Gasteiger partial charge on any atom is -0.382 e. The normalized spacial score (nSPS) is 12.1. The lowest BCUT2D eigenvalue weighted by molar-refractivity contribution is 0.0700. The maximum absolute atomic E-state index is 8.79. The van der Waals surface area contributed by atoms with Gasteiger partial charge >= 0.3 is 0 Å². The first-order chi connectivity index (χ1) is 7.10. The van der Waals surface area contributed by atoms with E-state index < -0.39 is 0 Å². The number of aryl methyl sites for hydroxylation is 1. The van der Waals surface area contributed by atoms with E-state index in [1.165, 1.54) is 0 Å². The molecule has 0 aromatic carbocycles. The van der Waals surface area contributed by atoms with Crippen LogP contribution in [0.5, 0.6) is 0 Å². The second-order valence-corrected chi connectivity index (χ2v) is 3.14. The molecule has 0 spiro atoms. The number of ether oxygens (including phenoxy) is 1. The summed E-state index contributed by atoms with van der Waals surface area (Å²) < 4.78 is 5.35. The van der Waals surface area contributed by atoms with Gasteiger partial charge < -0.3 is 10.5 Å². The van der Waals surface area contributed by atoms with Gasteiger partial charge in [-0.2, -0.15) is 5.26 Å². The van der Waals surface area contributed by atoms with Gasteiger partial charge in [-0.25, -0.2) is 9.97 Å². The van der Waals surface area contributed by atoms with Crippen LogP contribution in [0.15, 0.2) is 0 Å². The van der Waals surface area contributed by atoms with Crippen LogP contribution in [-0.4, -0.2) is 16.6 Å². The summed E-state index contributed by atoms with van der Waals surface area (Å²) in [5, 5.41) is 8.79. The quantitative estimate of drug-likeness (QED) is 0.806. The molecule has 0 bridgehead atoms. The van der Waals surface area contributed by atoms with Crippen molar-refractivity contribution in [2.24, 2.45) is 0 Å². The van der Waals surface area contributed by atoms with E-state index in [9.17, 15) is 0 Å². The lowest BCUT2D eigenvalue weighted by atomic mass is 10.2. The highest BCUT2D eigenvalue weighted by Gasteiger charge is 2.13. The Hall–Kier alpha value is -1.67. The van der Waals surface area contributed by atoms with Crippen LogP contribution >= 0.6 is 0 Å². The molecular formula is C10H14N4O. The fraction of sp³-hybridized carbons (Fsp3) is 0.500. The van der Waals surface area contributed by atoms with Gasteiger partial charge in [-0.15, -0.1) is 0 Å². The molecule has 0 aliphatic rings. The molecular weight excluding hydrogens is 192 g/mol. The van der Waals surface area contributed by atoms with E-state index in [1.54, 1.807) is 6.92 Å². The summed E-state index contributed by atoms with van der Waals surface area (Å²) in [5.41, 5.74) is 6.56. The molecule has 2 N–H and O–H groups in total. The van der Waals surface area contributed by atoms with Crippen molar-refractivity contribution < 1.29 is 4.74 Å². The third-order valence-corrected chi connectivity index (χ3v) is 2.03. The van der Waals surface area contributed by atoms with Gasteiger partial charge in [0.25, 0.3) is 0 Å². The Kier molecular flexibility index (Phi) is 3.58. The lowest BCUT2D eigenvalue weighted by Crippen LogP contribution is -2.10. The average Bonchev–Trinajstić information content (AvgIpc) is 2.17. The van der Waals surface area contributed by atoms with Crippen LogP contribution in [0.1, 0.15) is 37.0 Å². The summed E-state index contributed by atoms with van der Waals surface area (Å²) in [4.78, 5) is 8.23. The van der Waals surface area contributed by atoms with Crippen LogP contribution in [0.2, 0.25) is 0 Å². The Morgan fingerprint density at radius 3 is 2.67 bits per heavy atom. The smallest absolute Gasteiger partial charge is 0.159 e. The van der Waals surface area contributed by atoms with Crippen molar-refractivity contribution in [1.29, 1.82) is 5.26 Å². The second-order valence-electron chi connectivity index (χ2n) is 3.14. The van der Waals surface area contributed by atoms with Crippen molar-refractivity contribution in [2.75, 3.05) is 12.3 Å². The number of nitrogen functional groups attached to an aromatic ring is 1. The van der Waals surface area contributed by atoms with Gasteiger partial charge in [0.05, 0.1) is 5.69 Å². The van der Waals surface area contributed by atoms with Crippen LogP contribution in [-0.2, 0) is 4.74 Å². The lowest BCUT2D eigenvalue weighted by Gasteiger charge is -2.11. The third kappa shape index (κ3) is 2.42. The van der Waals surface area contributed by atoms with E-state index in [2.05, 4.69) is 9.97 Å². The van der Waals surface area contributed by atoms with E-state index in [1.807, 2.05) is 19.9 Å². The Bertz CT molecular complexity index is 374. The van der Waals surface area contributed by atoms with Crippen LogP contribution < -0.4 is 5.73 Å². The topological polar surface area (TPSA) is 84.8 Å². The molecule has 0 radical (unpaired) electrons. The molecule has 80 valence electrons. The molecule has 1 heterocycles. The monoisotopic (exact) mass is 206 g/mol. The van der Waals surface area contributed by atoms with E-state index in [0.717, 1.165) is 0 Å².